The lowest BCUT2D eigenvalue weighted by atomic mass is 10.0. The quantitative estimate of drug-likeness (QED) is 0.818. The van der Waals surface area contributed by atoms with Gasteiger partial charge in [0.15, 0.2) is 9.84 Å². The number of para-hydroxylation sites is 1. The van der Waals surface area contributed by atoms with E-state index in [2.05, 4.69) is 0 Å². The van der Waals surface area contributed by atoms with Crippen LogP contribution in [0.3, 0.4) is 0 Å². The molecular formula is C17H20ClNO4S. The van der Waals surface area contributed by atoms with Gasteiger partial charge < -0.3 is 9.64 Å². The summed E-state index contributed by atoms with van der Waals surface area (Å²) in [5.41, 5.74) is 0. The van der Waals surface area contributed by atoms with Gasteiger partial charge in [-0.15, -0.1) is 0 Å². The highest BCUT2D eigenvalue weighted by Gasteiger charge is 2.28. The van der Waals surface area contributed by atoms with Gasteiger partial charge in [0.05, 0.1) is 10.8 Å². The molecule has 1 atom stereocenters. The van der Waals surface area contributed by atoms with Crippen LogP contribution in [-0.2, 0) is 14.6 Å². The van der Waals surface area contributed by atoms with Crippen LogP contribution >= 0.6 is 11.6 Å². The highest BCUT2D eigenvalue weighted by Crippen LogP contribution is 2.27. The van der Waals surface area contributed by atoms with Crippen molar-refractivity contribution < 1.29 is 17.9 Å². The van der Waals surface area contributed by atoms with Crippen LogP contribution in [0.4, 0.5) is 0 Å². The molecule has 130 valence electrons. The first-order chi connectivity index (χ1) is 11.4. The molecule has 7 heteroatoms. The van der Waals surface area contributed by atoms with Crippen molar-refractivity contribution in [1.82, 2.24) is 4.90 Å². The fraction of sp³-hybridized carbons (Fsp3) is 0.471. The molecule has 2 heterocycles. The Morgan fingerprint density at radius 2 is 1.96 bits per heavy atom. The summed E-state index contributed by atoms with van der Waals surface area (Å²) < 4.78 is 28.7. The summed E-state index contributed by atoms with van der Waals surface area (Å²) in [6, 6.07) is 7.36. The summed E-state index contributed by atoms with van der Waals surface area (Å²) in [5, 5.41) is 1.81. The zero-order chi connectivity index (χ0) is 17.2. The van der Waals surface area contributed by atoms with Crippen molar-refractivity contribution in [3.63, 3.8) is 0 Å². The number of nitrogens with zero attached hydrogens (tertiary/aromatic N) is 1. The van der Waals surface area contributed by atoms with Crippen LogP contribution in [0.1, 0.15) is 19.3 Å². The van der Waals surface area contributed by atoms with Crippen molar-refractivity contribution in [2.45, 2.75) is 25.4 Å². The van der Waals surface area contributed by atoms with Crippen LogP contribution in [0.2, 0.25) is 5.02 Å². The molecule has 0 spiro atoms. The van der Waals surface area contributed by atoms with Gasteiger partial charge in [0.1, 0.15) is 11.9 Å². The van der Waals surface area contributed by atoms with E-state index < -0.39 is 9.84 Å². The van der Waals surface area contributed by atoms with E-state index in [0.29, 0.717) is 23.9 Å². The Labute approximate surface area is 147 Å². The molecule has 1 fully saturated rings. The van der Waals surface area contributed by atoms with Gasteiger partial charge in [0.2, 0.25) is 5.91 Å². The highest BCUT2D eigenvalue weighted by molar-refractivity contribution is 7.94. The van der Waals surface area contributed by atoms with E-state index in [9.17, 15) is 13.2 Å². The number of allylic oxidation sites excluding steroid dienone is 1. The number of hydrogen-bond acceptors (Lipinski definition) is 4. The van der Waals surface area contributed by atoms with Gasteiger partial charge in [0.25, 0.3) is 0 Å². The van der Waals surface area contributed by atoms with Gasteiger partial charge in [-0.25, -0.2) is 8.42 Å². The lowest BCUT2D eigenvalue weighted by Crippen LogP contribution is -2.42. The van der Waals surface area contributed by atoms with Crippen LogP contribution in [0, 0.1) is 5.92 Å². The minimum Gasteiger partial charge on any atom is -0.489 e. The average molecular weight is 370 g/mol. The maximum absolute atomic E-state index is 12.3. The van der Waals surface area contributed by atoms with Crippen molar-refractivity contribution >= 4 is 27.3 Å². The molecule has 0 aromatic heterocycles. The first-order valence-corrected chi connectivity index (χ1v) is 10.1. The standard InChI is InChI=1S/C17H20ClNO4S/c18-15-3-1-2-4-16(15)23-14-5-8-19(9-6-14)17(20)11-13-7-10-24(21,22)12-13/h1-4,7,10,13-14H,5-6,8-9,11-12H2/t13-/m1/s1. The normalized spacial score (nSPS) is 23.4. The number of hydrogen-bond donors (Lipinski definition) is 0. The first kappa shape index (κ1) is 17.3. The second kappa shape index (κ2) is 7.15. The van der Waals surface area contributed by atoms with Gasteiger partial charge in [-0.1, -0.05) is 29.8 Å². The lowest BCUT2D eigenvalue weighted by molar-refractivity contribution is -0.133. The van der Waals surface area contributed by atoms with Crippen LogP contribution in [0.25, 0.3) is 0 Å². The molecule has 3 rings (SSSR count). The number of carbonyl (C=O) groups is 1. The Kier molecular flexibility index (Phi) is 5.15. The van der Waals surface area contributed by atoms with E-state index in [1.807, 2.05) is 18.2 Å². The largest absolute Gasteiger partial charge is 0.489 e. The van der Waals surface area contributed by atoms with E-state index in [0.717, 1.165) is 12.8 Å². The third-order valence-corrected chi connectivity index (χ3v) is 6.14. The van der Waals surface area contributed by atoms with Crippen molar-refractivity contribution in [1.29, 1.82) is 0 Å². The minimum atomic E-state index is -3.10. The highest BCUT2D eigenvalue weighted by atomic mass is 35.5. The number of ether oxygens (including phenoxy) is 1. The Balaban J connectivity index is 1.47. The Bertz CT molecular complexity index is 739. The molecule has 0 unspecified atom stereocenters. The second-order valence-electron chi connectivity index (χ2n) is 6.25. The average Bonchev–Trinajstić information content (AvgIpc) is 2.89. The number of likely N-dealkylation sites (tertiary alicyclic amines) is 1. The minimum absolute atomic E-state index is 0.0120. The molecular weight excluding hydrogens is 350 g/mol. The van der Waals surface area contributed by atoms with E-state index >= 15 is 0 Å². The van der Waals surface area contributed by atoms with E-state index in [1.54, 1.807) is 17.0 Å². The molecule has 0 aliphatic carbocycles. The molecule has 5 nitrogen and oxygen atoms in total. The molecule has 1 aromatic carbocycles. The van der Waals surface area contributed by atoms with Gasteiger partial charge in [-0.05, 0) is 12.1 Å². The third-order valence-electron chi connectivity index (χ3n) is 4.37. The Morgan fingerprint density at radius 1 is 1.25 bits per heavy atom. The number of halogens is 1. The number of sulfone groups is 1. The summed E-state index contributed by atoms with van der Waals surface area (Å²) in [5.74, 6) is 0.535. The van der Waals surface area contributed by atoms with Crippen molar-refractivity contribution in [3.8, 4) is 5.75 Å². The summed E-state index contributed by atoms with van der Waals surface area (Å²) in [6.07, 6.45) is 3.42. The van der Waals surface area contributed by atoms with Crippen molar-refractivity contribution in [2.75, 3.05) is 18.8 Å². The molecule has 24 heavy (non-hydrogen) atoms. The third kappa shape index (κ3) is 4.30. The molecule has 0 N–H and O–H groups in total. The number of piperidine rings is 1. The summed E-state index contributed by atoms with van der Waals surface area (Å²) in [7, 11) is -3.10. The fourth-order valence-electron chi connectivity index (χ4n) is 3.06. The van der Waals surface area contributed by atoms with E-state index in [4.69, 9.17) is 16.3 Å². The smallest absolute Gasteiger partial charge is 0.223 e. The summed E-state index contributed by atoms with van der Waals surface area (Å²) >= 11 is 6.10. The van der Waals surface area contributed by atoms with Crippen LogP contribution in [0.5, 0.6) is 5.75 Å². The summed E-state index contributed by atoms with van der Waals surface area (Å²) in [4.78, 5) is 14.1. The Morgan fingerprint density at radius 3 is 2.58 bits per heavy atom. The zero-order valence-corrected chi connectivity index (χ0v) is 14.8. The zero-order valence-electron chi connectivity index (χ0n) is 13.2. The maximum Gasteiger partial charge on any atom is 0.223 e. The van der Waals surface area contributed by atoms with Crippen LogP contribution < -0.4 is 4.74 Å². The molecule has 1 saturated heterocycles. The number of rotatable bonds is 4. The fourth-order valence-corrected chi connectivity index (χ4v) is 4.64. The molecule has 0 bridgehead atoms. The topological polar surface area (TPSA) is 63.7 Å². The number of carbonyl (C=O) groups excluding carboxylic acids is 1. The van der Waals surface area contributed by atoms with Gasteiger partial charge in [-0.2, -0.15) is 0 Å². The Hall–Kier alpha value is -1.53. The summed E-state index contributed by atoms with van der Waals surface area (Å²) in [6.45, 7) is 1.24. The molecule has 1 aromatic rings. The maximum atomic E-state index is 12.3. The monoisotopic (exact) mass is 369 g/mol. The first-order valence-electron chi connectivity index (χ1n) is 8.03. The lowest BCUT2D eigenvalue weighted by Gasteiger charge is -2.32. The predicted octanol–water partition coefficient (Wildman–Crippen LogP) is 2.66. The van der Waals surface area contributed by atoms with Crippen LogP contribution in [0.15, 0.2) is 35.7 Å². The van der Waals surface area contributed by atoms with Gasteiger partial charge >= 0.3 is 0 Å². The van der Waals surface area contributed by atoms with Gasteiger partial charge in [0, 0.05) is 43.7 Å². The molecule has 1 amide bonds. The molecule has 2 aliphatic heterocycles. The van der Waals surface area contributed by atoms with Crippen molar-refractivity contribution in [3.05, 3.63) is 40.8 Å². The second-order valence-corrected chi connectivity index (χ2v) is 8.59. The van der Waals surface area contributed by atoms with Gasteiger partial charge in [-0.3, -0.25) is 4.79 Å². The van der Waals surface area contributed by atoms with Crippen molar-refractivity contribution in [2.24, 2.45) is 5.92 Å². The van der Waals surface area contributed by atoms with E-state index in [-0.39, 0.29) is 30.1 Å². The predicted molar refractivity (Wildman–Crippen MR) is 92.7 cm³/mol. The van der Waals surface area contributed by atoms with E-state index in [1.165, 1.54) is 5.41 Å². The number of amides is 1. The molecule has 2 aliphatic rings. The van der Waals surface area contributed by atoms with Crippen LogP contribution in [-0.4, -0.2) is 44.2 Å². The molecule has 0 radical (unpaired) electrons. The molecule has 0 saturated carbocycles. The SMILES string of the molecule is O=C(C[C@H]1C=CS(=O)(=O)C1)N1CCC(Oc2ccccc2Cl)CC1. The number of benzene rings is 1.